The van der Waals surface area contributed by atoms with E-state index in [0.29, 0.717) is 5.69 Å². The highest BCUT2D eigenvalue weighted by molar-refractivity contribution is 5.87. The maximum atomic E-state index is 11.7. The third kappa shape index (κ3) is 3.00. The van der Waals surface area contributed by atoms with E-state index in [0.717, 1.165) is 0 Å². The van der Waals surface area contributed by atoms with Crippen LogP contribution in [0.2, 0.25) is 0 Å². The molecule has 0 aliphatic heterocycles. The summed E-state index contributed by atoms with van der Waals surface area (Å²) in [4.78, 5) is 21.9. The van der Waals surface area contributed by atoms with Crippen molar-refractivity contribution >= 4 is 11.7 Å². The molecule has 0 saturated heterocycles. The van der Waals surface area contributed by atoms with Crippen LogP contribution in [0.3, 0.4) is 0 Å². The van der Waals surface area contributed by atoms with Gasteiger partial charge in [0.15, 0.2) is 5.69 Å². The quantitative estimate of drug-likeness (QED) is 0.485. The summed E-state index contributed by atoms with van der Waals surface area (Å²) >= 11 is 0. The molecular weight excluding hydrogens is 262 g/mol. The van der Waals surface area contributed by atoms with Gasteiger partial charge in [0.25, 0.3) is 5.69 Å². The summed E-state index contributed by atoms with van der Waals surface area (Å²) in [5.74, 6) is -0.524. The van der Waals surface area contributed by atoms with Crippen molar-refractivity contribution in [2.75, 3.05) is 0 Å². The minimum Gasteiger partial charge on any atom is -0.458 e. The molecule has 1 heterocycles. The second-order valence-corrected chi connectivity index (χ2v) is 4.38. The van der Waals surface area contributed by atoms with Crippen molar-refractivity contribution in [2.24, 2.45) is 0 Å². The van der Waals surface area contributed by atoms with Gasteiger partial charge in [0.1, 0.15) is 0 Å². The first kappa shape index (κ1) is 13.7. The van der Waals surface area contributed by atoms with Crippen LogP contribution in [0.5, 0.6) is 0 Å². The zero-order valence-electron chi connectivity index (χ0n) is 11.0. The Labute approximate surface area is 114 Å². The van der Waals surface area contributed by atoms with E-state index in [4.69, 9.17) is 4.74 Å². The van der Waals surface area contributed by atoms with Crippen LogP contribution in [0.1, 0.15) is 24.3 Å². The van der Waals surface area contributed by atoms with Crippen molar-refractivity contribution in [1.82, 2.24) is 9.78 Å². The number of non-ortho nitro benzene ring substituents is 1. The molecule has 7 heteroatoms. The number of hydrogen-bond acceptors (Lipinski definition) is 5. The zero-order chi connectivity index (χ0) is 14.7. The van der Waals surface area contributed by atoms with E-state index < -0.39 is 10.9 Å². The average molecular weight is 275 g/mol. The van der Waals surface area contributed by atoms with Crippen molar-refractivity contribution in [3.63, 3.8) is 0 Å². The van der Waals surface area contributed by atoms with Gasteiger partial charge in [0.2, 0.25) is 0 Å². The molecular formula is C13H13N3O4. The van der Waals surface area contributed by atoms with E-state index in [9.17, 15) is 14.9 Å². The van der Waals surface area contributed by atoms with Gasteiger partial charge in [-0.25, -0.2) is 9.48 Å². The lowest BCUT2D eigenvalue weighted by atomic mass is 10.3. The summed E-state index contributed by atoms with van der Waals surface area (Å²) in [6.07, 6.45) is 1.32. The van der Waals surface area contributed by atoms with Crippen molar-refractivity contribution < 1.29 is 14.5 Å². The number of benzene rings is 1. The Morgan fingerprint density at radius 3 is 2.80 bits per heavy atom. The second-order valence-electron chi connectivity index (χ2n) is 4.38. The van der Waals surface area contributed by atoms with Crippen LogP contribution < -0.4 is 0 Å². The number of esters is 1. The van der Waals surface area contributed by atoms with Crippen LogP contribution in [0.25, 0.3) is 5.69 Å². The van der Waals surface area contributed by atoms with Gasteiger partial charge in [0.05, 0.1) is 16.7 Å². The highest BCUT2D eigenvalue weighted by atomic mass is 16.6. The summed E-state index contributed by atoms with van der Waals surface area (Å²) in [6, 6.07) is 7.49. The molecule has 2 rings (SSSR count). The van der Waals surface area contributed by atoms with Crippen LogP contribution in [0.4, 0.5) is 5.69 Å². The van der Waals surface area contributed by atoms with Crippen LogP contribution in [-0.4, -0.2) is 26.8 Å². The highest BCUT2D eigenvalue weighted by Crippen LogP contribution is 2.16. The molecule has 0 fully saturated rings. The molecule has 0 aliphatic rings. The highest BCUT2D eigenvalue weighted by Gasteiger charge is 2.14. The fraction of sp³-hybridized carbons (Fsp3) is 0.231. The fourth-order valence-electron chi connectivity index (χ4n) is 1.60. The molecule has 0 N–H and O–H groups in total. The first-order valence-electron chi connectivity index (χ1n) is 5.99. The standard InChI is InChI=1S/C13H13N3O4/c1-9(2)20-13(17)12-6-7-15(14-12)10-4-3-5-11(8-10)16(18)19/h3-9H,1-2H3. The van der Waals surface area contributed by atoms with Crippen molar-refractivity contribution in [3.05, 3.63) is 52.3 Å². The average Bonchev–Trinajstić information content (AvgIpc) is 2.87. The van der Waals surface area contributed by atoms with Crippen LogP contribution in [0, 0.1) is 10.1 Å². The third-order valence-corrected chi connectivity index (χ3v) is 2.45. The number of ether oxygens (including phenoxy) is 1. The molecule has 0 amide bonds. The molecule has 7 nitrogen and oxygen atoms in total. The lowest BCUT2D eigenvalue weighted by Crippen LogP contribution is -2.12. The normalized spacial score (nSPS) is 10.6. The predicted molar refractivity (Wildman–Crippen MR) is 70.8 cm³/mol. The van der Waals surface area contributed by atoms with Gasteiger partial charge in [0, 0.05) is 18.3 Å². The maximum absolute atomic E-state index is 11.7. The third-order valence-electron chi connectivity index (χ3n) is 2.45. The minimum atomic E-state index is -0.524. The van der Waals surface area contributed by atoms with Gasteiger partial charge in [-0.1, -0.05) is 6.07 Å². The number of nitro benzene ring substituents is 1. The molecule has 1 aromatic carbocycles. The van der Waals surface area contributed by atoms with Gasteiger partial charge in [-0.2, -0.15) is 5.10 Å². The summed E-state index contributed by atoms with van der Waals surface area (Å²) in [5.41, 5.74) is 0.623. The Balaban J connectivity index is 2.26. The van der Waals surface area contributed by atoms with Crippen LogP contribution in [0.15, 0.2) is 36.5 Å². The SMILES string of the molecule is CC(C)OC(=O)c1ccn(-c2cccc([N+](=O)[O-])c2)n1. The van der Waals surface area contributed by atoms with Gasteiger partial charge in [-0.05, 0) is 26.0 Å². The van der Waals surface area contributed by atoms with E-state index in [1.165, 1.54) is 22.9 Å². The molecule has 2 aromatic rings. The largest absolute Gasteiger partial charge is 0.458 e. The topological polar surface area (TPSA) is 87.3 Å². The van der Waals surface area contributed by atoms with E-state index >= 15 is 0 Å². The van der Waals surface area contributed by atoms with Crippen LogP contribution >= 0.6 is 0 Å². The summed E-state index contributed by atoms with van der Waals surface area (Å²) in [7, 11) is 0. The summed E-state index contributed by atoms with van der Waals surface area (Å²) in [6.45, 7) is 3.49. The Hall–Kier alpha value is -2.70. The van der Waals surface area contributed by atoms with E-state index in [2.05, 4.69) is 5.10 Å². The molecule has 104 valence electrons. The summed E-state index contributed by atoms with van der Waals surface area (Å²) in [5, 5.41) is 14.8. The predicted octanol–water partition coefficient (Wildman–Crippen LogP) is 2.35. The lowest BCUT2D eigenvalue weighted by Gasteiger charge is -2.05. The monoisotopic (exact) mass is 275 g/mol. The Morgan fingerprint density at radius 2 is 2.15 bits per heavy atom. The lowest BCUT2D eigenvalue weighted by molar-refractivity contribution is -0.384. The fourth-order valence-corrected chi connectivity index (χ4v) is 1.60. The van der Waals surface area contributed by atoms with Crippen molar-refractivity contribution in [2.45, 2.75) is 20.0 Å². The van der Waals surface area contributed by atoms with Crippen molar-refractivity contribution in [3.8, 4) is 5.69 Å². The molecule has 0 saturated carbocycles. The molecule has 0 spiro atoms. The van der Waals surface area contributed by atoms with Gasteiger partial charge in [-0.3, -0.25) is 10.1 Å². The number of carbonyl (C=O) groups excluding carboxylic acids is 1. The van der Waals surface area contributed by atoms with Gasteiger partial charge < -0.3 is 4.74 Å². The minimum absolute atomic E-state index is 0.0377. The summed E-state index contributed by atoms with van der Waals surface area (Å²) < 4.78 is 6.42. The number of hydrogen-bond donors (Lipinski definition) is 0. The van der Waals surface area contributed by atoms with E-state index in [1.54, 1.807) is 32.2 Å². The Bertz CT molecular complexity index is 649. The van der Waals surface area contributed by atoms with Gasteiger partial charge >= 0.3 is 5.97 Å². The molecule has 0 bridgehead atoms. The molecule has 0 radical (unpaired) electrons. The molecule has 0 unspecified atom stereocenters. The first-order chi connectivity index (χ1) is 9.47. The Kier molecular flexibility index (Phi) is 3.79. The maximum Gasteiger partial charge on any atom is 0.359 e. The zero-order valence-corrected chi connectivity index (χ0v) is 11.0. The van der Waals surface area contributed by atoms with E-state index in [1.807, 2.05) is 0 Å². The number of rotatable bonds is 4. The smallest absolute Gasteiger partial charge is 0.359 e. The number of aromatic nitrogens is 2. The molecule has 0 aliphatic carbocycles. The number of nitro groups is 1. The van der Waals surface area contributed by atoms with Crippen molar-refractivity contribution in [1.29, 1.82) is 0 Å². The Morgan fingerprint density at radius 1 is 1.40 bits per heavy atom. The number of nitrogens with zero attached hydrogens (tertiary/aromatic N) is 3. The van der Waals surface area contributed by atoms with Crippen LogP contribution in [-0.2, 0) is 4.74 Å². The second kappa shape index (κ2) is 5.52. The van der Waals surface area contributed by atoms with Gasteiger partial charge in [-0.15, -0.1) is 0 Å². The molecule has 0 atom stereocenters. The molecule has 1 aromatic heterocycles. The number of carbonyl (C=O) groups is 1. The van der Waals surface area contributed by atoms with E-state index in [-0.39, 0.29) is 17.5 Å². The molecule has 20 heavy (non-hydrogen) atoms. The first-order valence-corrected chi connectivity index (χ1v) is 5.99.